The highest BCUT2D eigenvalue weighted by atomic mass is 127. The summed E-state index contributed by atoms with van der Waals surface area (Å²) < 4.78 is 21.6. The lowest BCUT2D eigenvalue weighted by molar-refractivity contribution is 0.322. The summed E-state index contributed by atoms with van der Waals surface area (Å²) in [6, 6.07) is 5.80. The number of ether oxygens (including phenoxy) is 3. The van der Waals surface area contributed by atoms with Crippen LogP contribution in [0.4, 0.5) is 0 Å². The van der Waals surface area contributed by atoms with Crippen molar-refractivity contribution in [2.45, 2.75) is 32.7 Å². The van der Waals surface area contributed by atoms with Gasteiger partial charge < -0.3 is 29.4 Å². The summed E-state index contributed by atoms with van der Waals surface area (Å²) in [6.45, 7) is 5.34. The van der Waals surface area contributed by atoms with Crippen LogP contribution in [0.1, 0.15) is 36.8 Å². The number of halogens is 1. The summed E-state index contributed by atoms with van der Waals surface area (Å²) in [7, 11) is 6.55. The lowest BCUT2D eigenvalue weighted by Gasteiger charge is -2.16. The molecule has 8 nitrogen and oxygen atoms in total. The van der Waals surface area contributed by atoms with Crippen LogP contribution in [-0.4, -0.2) is 46.0 Å². The third-order valence-electron chi connectivity index (χ3n) is 4.29. The van der Waals surface area contributed by atoms with Crippen molar-refractivity contribution in [3.8, 4) is 17.2 Å². The fraction of sp³-hybridized carbons (Fsp3) is 0.500. The molecule has 0 bridgehead atoms. The van der Waals surface area contributed by atoms with Crippen molar-refractivity contribution in [2.75, 3.05) is 34.9 Å². The fourth-order valence-corrected chi connectivity index (χ4v) is 2.75. The van der Waals surface area contributed by atoms with Gasteiger partial charge in [0.15, 0.2) is 23.2 Å². The van der Waals surface area contributed by atoms with E-state index in [1.165, 1.54) is 0 Å². The summed E-state index contributed by atoms with van der Waals surface area (Å²) in [5.74, 6) is 3.70. The zero-order chi connectivity index (χ0) is 20.5. The quantitative estimate of drug-likeness (QED) is 0.299. The number of rotatable bonds is 9. The van der Waals surface area contributed by atoms with Gasteiger partial charge in [-0.05, 0) is 18.4 Å². The number of guanidine groups is 1. The smallest absolute Gasteiger partial charge is 0.203 e. The molecule has 29 heavy (non-hydrogen) atoms. The Balaban J connectivity index is 0.00000420. The molecular formula is C20H31IN4O4. The van der Waals surface area contributed by atoms with Crippen LogP contribution in [0.3, 0.4) is 0 Å². The van der Waals surface area contributed by atoms with Gasteiger partial charge in [-0.3, -0.25) is 4.99 Å². The minimum Gasteiger partial charge on any atom is -0.493 e. The van der Waals surface area contributed by atoms with Crippen molar-refractivity contribution in [3.63, 3.8) is 0 Å². The number of aliphatic imine (C=N–C) groups is 1. The Labute approximate surface area is 189 Å². The second-order valence-corrected chi connectivity index (χ2v) is 6.47. The maximum absolute atomic E-state index is 5.52. The number of hydrogen-bond acceptors (Lipinski definition) is 6. The van der Waals surface area contributed by atoms with Gasteiger partial charge in [0.25, 0.3) is 0 Å². The molecule has 0 spiro atoms. The molecule has 0 amide bonds. The van der Waals surface area contributed by atoms with Crippen LogP contribution < -0.4 is 24.8 Å². The molecule has 0 aliphatic heterocycles. The van der Waals surface area contributed by atoms with Crippen LogP contribution in [-0.2, 0) is 13.0 Å². The van der Waals surface area contributed by atoms with Crippen molar-refractivity contribution in [3.05, 3.63) is 35.2 Å². The molecule has 1 aromatic carbocycles. The second kappa shape index (κ2) is 12.4. The van der Waals surface area contributed by atoms with Gasteiger partial charge in [0.1, 0.15) is 0 Å². The van der Waals surface area contributed by atoms with Crippen LogP contribution in [0.25, 0.3) is 0 Å². The Morgan fingerprint density at radius 1 is 1.10 bits per heavy atom. The van der Waals surface area contributed by atoms with Crippen LogP contribution in [0.5, 0.6) is 17.2 Å². The number of hydrogen-bond donors (Lipinski definition) is 2. The zero-order valence-electron chi connectivity index (χ0n) is 17.9. The van der Waals surface area contributed by atoms with Gasteiger partial charge >= 0.3 is 0 Å². The zero-order valence-corrected chi connectivity index (χ0v) is 20.2. The average Bonchev–Trinajstić information content (AvgIpc) is 3.19. The van der Waals surface area contributed by atoms with E-state index >= 15 is 0 Å². The molecule has 1 aromatic heterocycles. The van der Waals surface area contributed by atoms with E-state index in [0.717, 1.165) is 23.4 Å². The SMILES string of the molecule is CN=C(NCCc1ccc(OC)c(OC)c1OC)NCc1cc(C(C)C)no1.I. The molecule has 2 rings (SSSR count). The van der Waals surface area contributed by atoms with Gasteiger partial charge in [0.05, 0.1) is 33.6 Å². The average molecular weight is 518 g/mol. The first-order chi connectivity index (χ1) is 13.5. The van der Waals surface area contributed by atoms with Crippen molar-refractivity contribution in [1.82, 2.24) is 15.8 Å². The lowest BCUT2D eigenvalue weighted by atomic mass is 10.1. The second-order valence-electron chi connectivity index (χ2n) is 6.47. The Kier molecular flexibility index (Phi) is 10.6. The highest BCUT2D eigenvalue weighted by Gasteiger charge is 2.15. The van der Waals surface area contributed by atoms with Crippen LogP contribution in [0.15, 0.2) is 27.7 Å². The molecule has 0 atom stereocenters. The Morgan fingerprint density at radius 2 is 1.83 bits per heavy atom. The first-order valence-corrected chi connectivity index (χ1v) is 9.21. The van der Waals surface area contributed by atoms with E-state index in [9.17, 15) is 0 Å². The lowest BCUT2D eigenvalue weighted by Crippen LogP contribution is -2.37. The minimum absolute atomic E-state index is 0. The Bertz CT molecular complexity index is 793. The maximum atomic E-state index is 5.52. The van der Waals surface area contributed by atoms with Crippen molar-refractivity contribution >= 4 is 29.9 Å². The number of aromatic nitrogens is 1. The van der Waals surface area contributed by atoms with Crippen LogP contribution >= 0.6 is 24.0 Å². The maximum Gasteiger partial charge on any atom is 0.203 e. The van der Waals surface area contributed by atoms with Crippen LogP contribution in [0, 0.1) is 0 Å². The van der Waals surface area contributed by atoms with E-state index in [4.69, 9.17) is 18.7 Å². The molecular weight excluding hydrogens is 487 g/mol. The molecule has 0 aliphatic carbocycles. The van der Waals surface area contributed by atoms with Gasteiger partial charge in [-0.1, -0.05) is 25.1 Å². The predicted molar refractivity (Wildman–Crippen MR) is 124 cm³/mol. The van der Waals surface area contributed by atoms with Gasteiger partial charge in [-0.25, -0.2) is 0 Å². The fourth-order valence-electron chi connectivity index (χ4n) is 2.75. The summed E-state index contributed by atoms with van der Waals surface area (Å²) in [6.07, 6.45) is 0.726. The molecule has 2 aromatic rings. The molecule has 9 heteroatoms. The first kappa shape index (κ1) is 24.9. The van der Waals surface area contributed by atoms with Crippen molar-refractivity contribution < 1.29 is 18.7 Å². The molecule has 0 fully saturated rings. The molecule has 1 heterocycles. The molecule has 2 N–H and O–H groups in total. The van der Waals surface area contributed by atoms with Gasteiger partial charge in [-0.15, -0.1) is 24.0 Å². The van der Waals surface area contributed by atoms with E-state index in [1.54, 1.807) is 28.4 Å². The third kappa shape index (κ3) is 6.69. The molecule has 0 saturated heterocycles. The summed E-state index contributed by atoms with van der Waals surface area (Å²) in [5.41, 5.74) is 1.96. The number of benzene rings is 1. The van der Waals surface area contributed by atoms with Gasteiger partial charge in [0.2, 0.25) is 5.75 Å². The van der Waals surface area contributed by atoms with E-state index in [1.807, 2.05) is 18.2 Å². The number of nitrogens with one attached hydrogen (secondary N) is 2. The highest BCUT2D eigenvalue weighted by Crippen LogP contribution is 2.39. The van der Waals surface area contributed by atoms with Crippen molar-refractivity contribution in [2.24, 2.45) is 4.99 Å². The normalized spacial score (nSPS) is 11.1. The van der Waals surface area contributed by atoms with E-state index in [2.05, 4.69) is 34.6 Å². The first-order valence-electron chi connectivity index (χ1n) is 9.21. The van der Waals surface area contributed by atoms with Crippen LogP contribution in [0.2, 0.25) is 0 Å². The summed E-state index contributed by atoms with van der Waals surface area (Å²) in [4.78, 5) is 4.24. The van der Waals surface area contributed by atoms with E-state index in [-0.39, 0.29) is 24.0 Å². The predicted octanol–water partition coefficient (Wildman–Crippen LogP) is 3.35. The third-order valence-corrected chi connectivity index (χ3v) is 4.29. The summed E-state index contributed by atoms with van der Waals surface area (Å²) >= 11 is 0. The minimum atomic E-state index is 0. The van der Waals surface area contributed by atoms with E-state index in [0.29, 0.717) is 42.2 Å². The number of methoxy groups -OCH3 is 3. The molecule has 0 saturated carbocycles. The largest absolute Gasteiger partial charge is 0.493 e. The summed E-state index contributed by atoms with van der Waals surface area (Å²) in [5, 5.41) is 10.6. The standard InChI is InChI=1S/C20H30N4O4.HI/c1-13(2)16-11-15(28-24-16)12-23-20(21-3)22-10-9-14-7-8-17(25-4)19(27-6)18(14)26-5;/h7-8,11,13H,9-10,12H2,1-6H3,(H2,21,22,23);1H. The van der Waals surface area contributed by atoms with E-state index < -0.39 is 0 Å². The van der Waals surface area contributed by atoms with Crippen molar-refractivity contribution in [1.29, 1.82) is 0 Å². The van der Waals surface area contributed by atoms with Gasteiger partial charge in [0, 0.05) is 25.2 Å². The molecule has 0 unspecified atom stereocenters. The highest BCUT2D eigenvalue weighted by molar-refractivity contribution is 14.0. The van der Waals surface area contributed by atoms with Gasteiger partial charge in [-0.2, -0.15) is 0 Å². The topological polar surface area (TPSA) is 90.1 Å². The number of nitrogens with zero attached hydrogens (tertiary/aromatic N) is 2. The Morgan fingerprint density at radius 3 is 2.38 bits per heavy atom. The Hall–Kier alpha value is -2.17. The molecule has 0 radical (unpaired) electrons. The monoisotopic (exact) mass is 518 g/mol. The molecule has 0 aliphatic rings. The molecule has 162 valence electrons.